The number of fused-ring (bicyclic) bond motifs is 3. The van der Waals surface area contributed by atoms with Crippen LogP contribution in [0.4, 0.5) is 4.79 Å². The number of rotatable bonds is 3. The zero-order valence-electron chi connectivity index (χ0n) is 16.2. The van der Waals surface area contributed by atoms with Gasteiger partial charge in [0.15, 0.2) is 0 Å². The summed E-state index contributed by atoms with van der Waals surface area (Å²) < 4.78 is 5.59. The molecule has 3 aromatic rings. The van der Waals surface area contributed by atoms with Gasteiger partial charge in [0.05, 0.1) is 16.6 Å². The molecule has 2 aromatic carbocycles. The molecular formula is C23H24ClN3O2. The minimum atomic E-state index is -0.474. The first kappa shape index (κ1) is 18.5. The second-order valence-corrected chi connectivity index (χ2v) is 8.80. The monoisotopic (exact) mass is 409 g/mol. The number of carbonyl (C=O) groups excluding carboxylic acids is 1. The Morgan fingerprint density at radius 3 is 2.66 bits per heavy atom. The number of nitrogens with zero attached hydrogens (tertiary/aromatic N) is 2. The Balaban J connectivity index is 1.37. The van der Waals surface area contributed by atoms with Crippen molar-refractivity contribution < 1.29 is 9.53 Å². The first-order valence-corrected chi connectivity index (χ1v) is 10.6. The minimum Gasteiger partial charge on any atom is -0.445 e. The number of aromatic amines is 1. The molecule has 6 heteroatoms. The lowest BCUT2D eigenvalue weighted by Gasteiger charge is -2.52. The summed E-state index contributed by atoms with van der Waals surface area (Å²) in [7, 11) is 0. The molecule has 2 bridgehead atoms. The van der Waals surface area contributed by atoms with Crippen molar-refractivity contribution in [3.8, 4) is 0 Å². The number of hydrogen-bond acceptors (Lipinski definition) is 3. The van der Waals surface area contributed by atoms with E-state index in [0.29, 0.717) is 19.7 Å². The zero-order chi connectivity index (χ0) is 19.8. The first-order chi connectivity index (χ1) is 14.2. The van der Waals surface area contributed by atoms with Crippen molar-refractivity contribution in [2.75, 3.05) is 13.1 Å². The van der Waals surface area contributed by atoms with Crippen molar-refractivity contribution in [1.82, 2.24) is 15.1 Å². The van der Waals surface area contributed by atoms with Crippen LogP contribution in [0.5, 0.6) is 0 Å². The molecule has 0 radical (unpaired) electrons. The summed E-state index contributed by atoms with van der Waals surface area (Å²) in [5.74, 6) is 0.392. The van der Waals surface area contributed by atoms with Gasteiger partial charge in [0, 0.05) is 30.3 Å². The molecule has 0 spiro atoms. The average molecular weight is 410 g/mol. The quantitative estimate of drug-likeness (QED) is 0.614. The molecule has 2 unspecified atom stereocenters. The van der Waals surface area contributed by atoms with E-state index in [1.54, 1.807) is 0 Å². The number of likely N-dealkylation sites (tertiary alicyclic amines) is 1. The third-order valence-corrected chi connectivity index (χ3v) is 7.36. The Morgan fingerprint density at radius 2 is 1.90 bits per heavy atom. The van der Waals surface area contributed by atoms with Gasteiger partial charge >= 0.3 is 6.09 Å². The highest BCUT2D eigenvalue weighted by Gasteiger charge is 2.53. The van der Waals surface area contributed by atoms with Gasteiger partial charge in [-0.05, 0) is 30.0 Å². The van der Waals surface area contributed by atoms with E-state index in [1.165, 1.54) is 0 Å². The number of H-pyrrole nitrogens is 1. The van der Waals surface area contributed by atoms with Gasteiger partial charge in [0.2, 0.25) is 0 Å². The average Bonchev–Trinajstić information content (AvgIpc) is 3.21. The van der Waals surface area contributed by atoms with Crippen molar-refractivity contribution in [2.24, 2.45) is 11.8 Å². The Bertz CT molecular complexity index is 1010. The SMILES string of the molecule is O=C(OCc1ccccc1)N1CC2CCCC(C1)C2(Cl)c1cccc2[nH]ncc12. The molecule has 1 amide bonds. The fraction of sp³-hybridized carbons (Fsp3) is 0.391. The summed E-state index contributed by atoms with van der Waals surface area (Å²) in [6.45, 7) is 1.55. The van der Waals surface area contributed by atoms with Crippen molar-refractivity contribution in [3.63, 3.8) is 0 Å². The maximum Gasteiger partial charge on any atom is 0.410 e. The van der Waals surface area contributed by atoms with Crippen LogP contribution in [0.15, 0.2) is 54.7 Å². The van der Waals surface area contributed by atoms with Crippen LogP contribution >= 0.6 is 11.6 Å². The number of aromatic nitrogens is 2. The van der Waals surface area contributed by atoms with Crippen molar-refractivity contribution in [2.45, 2.75) is 30.7 Å². The number of piperidine rings is 1. The molecule has 1 N–H and O–H groups in total. The van der Waals surface area contributed by atoms with Crippen LogP contribution in [0.3, 0.4) is 0 Å². The summed E-state index contributed by atoms with van der Waals surface area (Å²) in [6, 6.07) is 16.0. The molecule has 29 heavy (non-hydrogen) atoms. The molecule has 1 aliphatic carbocycles. The van der Waals surface area contributed by atoms with Crippen LogP contribution in [-0.4, -0.2) is 34.3 Å². The van der Waals surface area contributed by atoms with E-state index in [9.17, 15) is 4.79 Å². The van der Waals surface area contributed by atoms with Gasteiger partial charge in [-0.1, -0.05) is 48.9 Å². The summed E-state index contributed by atoms with van der Waals surface area (Å²) in [4.78, 5) is 14.1. The number of alkyl halides is 1. The third-order valence-electron chi connectivity index (χ3n) is 6.54. The van der Waals surface area contributed by atoms with E-state index in [4.69, 9.17) is 16.3 Å². The van der Waals surface area contributed by atoms with Crippen LogP contribution in [0.1, 0.15) is 30.4 Å². The number of benzene rings is 2. The lowest BCUT2D eigenvalue weighted by atomic mass is 9.65. The van der Waals surface area contributed by atoms with E-state index in [1.807, 2.05) is 53.6 Å². The molecule has 2 heterocycles. The van der Waals surface area contributed by atoms with Gasteiger partial charge in [-0.2, -0.15) is 5.10 Å². The highest BCUT2D eigenvalue weighted by molar-refractivity contribution is 6.25. The predicted molar refractivity (Wildman–Crippen MR) is 113 cm³/mol. The molecule has 150 valence electrons. The molecule has 2 fully saturated rings. The van der Waals surface area contributed by atoms with Crippen LogP contribution < -0.4 is 0 Å². The standard InChI is InChI=1S/C23H24ClN3O2/c24-23(20-10-5-11-21-19(20)12-25-26-21)17-8-4-9-18(23)14-27(13-17)22(28)29-15-16-6-2-1-3-7-16/h1-3,5-7,10-12,17-18H,4,8-9,13-15H2,(H,25,26). The number of hydrogen-bond donors (Lipinski definition) is 1. The summed E-state index contributed by atoms with van der Waals surface area (Å²) >= 11 is 7.43. The number of halogens is 1. The smallest absolute Gasteiger partial charge is 0.410 e. The molecule has 5 rings (SSSR count). The molecular weight excluding hydrogens is 386 g/mol. The van der Waals surface area contributed by atoms with Gasteiger partial charge in [0.25, 0.3) is 0 Å². The third kappa shape index (κ3) is 3.18. The largest absolute Gasteiger partial charge is 0.445 e. The summed E-state index contributed by atoms with van der Waals surface area (Å²) in [5, 5.41) is 8.34. The van der Waals surface area contributed by atoms with Crippen molar-refractivity contribution in [1.29, 1.82) is 0 Å². The van der Waals surface area contributed by atoms with E-state index in [2.05, 4.69) is 16.3 Å². The highest BCUT2D eigenvalue weighted by Crippen LogP contribution is 2.55. The van der Waals surface area contributed by atoms with Gasteiger partial charge in [-0.3, -0.25) is 5.10 Å². The topological polar surface area (TPSA) is 58.2 Å². The normalized spacial score (nSPS) is 26.4. The molecule has 1 saturated carbocycles. The Labute approximate surface area is 175 Å². The Kier molecular flexibility index (Phi) is 4.70. The van der Waals surface area contributed by atoms with Crippen LogP contribution in [0.25, 0.3) is 10.9 Å². The highest BCUT2D eigenvalue weighted by atomic mass is 35.5. The maximum absolute atomic E-state index is 12.8. The maximum atomic E-state index is 12.8. The van der Waals surface area contributed by atoms with Crippen LogP contribution in [0.2, 0.25) is 0 Å². The molecule has 1 aliphatic heterocycles. The number of amides is 1. The summed E-state index contributed by atoms with van der Waals surface area (Å²) in [5.41, 5.74) is 3.14. The predicted octanol–water partition coefficient (Wildman–Crippen LogP) is 5.07. The lowest BCUT2D eigenvalue weighted by molar-refractivity contribution is 0.0246. The van der Waals surface area contributed by atoms with Crippen molar-refractivity contribution in [3.05, 3.63) is 65.9 Å². The molecule has 1 aromatic heterocycles. The Morgan fingerprint density at radius 1 is 1.14 bits per heavy atom. The molecule has 1 saturated heterocycles. The zero-order valence-corrected chi connectivity index (χ0v) is 16.9. The van der Waals surface area contributed by atoms with Crippen molar-refractivity contribution >= 4 is 28.6 Å². The van der Waals surface area contributed by atoms with Crippen LogP contribution in [-0.2, 0) is 16.2 Å². The molecule has 5 nitrogen and oxygen atoms in total. The first-order valence-electron chi connectivity index (χ1n) is 10.2. The fourth-order valence-corrected chi connectivity index (χ4v) is 5.64. The van der Waals surface area contributed by atoms with E-state index >= 15 is 0 Å². The van der Waals surface area contributed by atoms with Gasteiger partial charge in [0.1, 0.15) is 6.61 Å². The summed E-state index contributed by atoms with van der Waals surface area (Å²) in [6.07, 6.45) is 4.79. The second-order valence-electron chi connectivity index (χ2n) is 8.17. The van der Waals surface area contributed by atoms with Gasteiger partial charge in [-0.15, -0.1) is 11.6 Å². The lowest BCUT2D eigenvalue weighted by Crippen LogP contribution is -2.56. The Hall–Kier alpha value is -2.53. The van der Waals surface area contributed by atoms with Gasteiger partial charge < -0.3 is 9.64 Å². The van der Waals surface area contributed by atoms with E-state index < -0.39 is 4.87 Å². The molecule has 2 aliphatic rings. The van der Waals surface area contributed by atoms with E-state index in [-0.39, 0.29) is 17.9 Å². The van der Waals surface area contributed by atoms with Gasteiger partial charge in [-0.25, -0.2) is 4.79 Å². The number of nitrogens with one attached hydrogen (secondary N) is 1. The minimum absolute atomic E-state index is 0.196. The number of ether oxygens (including phenoxy) is 1. The number of carbonyl (C=O) groups is 1. The second kappa shape index (κ2) is 7.38. The molecule has 2 atom stereocenters. The fourth-order valence-electron chi connectivity index (χ4n) is 5.12. The van der Waals surface area contributed by atoms with E-state index in [0.717, 1.165) is 41.3 Å². The van der Waals surface area contributed by atoms with Crippen LogP contribution in [0, 0.1) is 11.8 Å².